The van der Waals surface area contributed by atoms with Gasteiger partial charge in [0.25, 0.3) is 10.0 Å². The number of anilines is 1. The number of benzene rings is 3. The van der Waals surface area contributed by atoms with Gasteiger partial charge in [0.1, 0.15) is 23.8 Å². The zero-order valence-electron chi connectivity index (χ0n) is 20.2. The van der Waals surface area contributed by atoms with Gasteiger partial charge in [0.15, 0.2) is 0 Å². The van der Waals surface area contributed by atoms with E-state index in [0.29, 0.717) is 12.4 Å². The van der Waals surface area contributed by atoms with E-state index in [-0.39, 0.29) is 22.4 Å². The highest BCUT2D eigenvalue weighted by Gasteiger charge is 2.30. The highest BCUT2D eigenvalue weighted by atomic mass is 32.2. The fourth-order valence-electron chi connectivity index (χ4n) is 3.53. The van der Waals surface area contributed by atoms with Crippen LogP contribution in [-0.2, 0) is 14.8 Å². The number of methoxy groups -OCH3 is 2. The fourth-order valence-corrected chi connectivity index (χ4v) is 4.98. The average molecular weight is 499 g/mol. The lowest BCUT2D eigenvalue weighted by Crippen LogP contribution is -2.41. The number of hydrogen-bond donors (Lipinski definition) is 1. The minimum atomic E-state index is -4.10. The van der Waals surface area contributed by atoms with Crippen LogP contribution in [0.5, 0.6) is 17.2 Å². The molecule has 0 fully saturated rings. The third-order valence-corrected chi connectivity index (χ3v) is 7.12. The Morgan fingerprint density at radius 3 is 2.20 bits per heavy atom. The number of hydrogen-bond acceptors (Lipinski definition) is 6. The van der Waals surface area contributed by atoms with Gasteiger partial charge in [-0.3, -0.25) is 9.10 Å². The third-order valence-electron chi connectivity index (χ3n) is 5.34. The van der Waals surface area contributed by atoms with Gasteiger partial charge >= 0.3 is 0 Å². The van der Waals surface area contributed by atoms with Gasteiger partial charge < -0.3 is 19.5 Å². The summed E-state index contributed by atoms with van der Waals surface area (Å²) in [5, 5.41) is 2.88. The molecule has 9 heteroatoms. The SMILES string of the molecule is CCOc1ccc([C@@H](C)NC(=O)CN(c2cc(OC)ccc2OC)S(=O)(=O)c2ccccc2)cc1. The van der Waals surface area contributed by atoms with Crippen molar-refractivity contribution in [2.24, 2.45) is 0 Å². The minimum Gasteiger partial charge on any atom is -0.497 e. The van der Waals surface area contributed by atoms with Crippen LogP contribution in [0.1, 0.15) is 25.5 Å². The summed E-state index contributed by atoms with van der Waals surface area (Å²) in [6, 6.07) is 19.7. The van der Waals surface area contributed by atoms with Crippen LogP contribution in [-0.4, -0.2) is 41.7 Å². The molecule has 3 aromatic carbocycles. The molecule has 8 nitrogen and oxygen atoms in total. The molecular weight excluding hydrogens is 468 g/mol. The normalized spacial score (nSPS) is 11.9. The lowest BCUT2D eigenvalue weighted by molar-refractivity contribution is -0.120. The minimum absolute atomic E-state index is 0.0530. The van der Waals surface area contributed by atoms with Gasteiger partial charge in [0.05, 0.1) is 37.5 Å². The van der Waals surface area contributed by atoms with Crippen molar-refractivity contribution in [2.45, 2.75) is 24.8 Å². The third kappa shape index (κ3) is 6.24. The first kappa shape index (κ1) is 25.9. The van der Waals surface area contributed by atoms with Gasteiger partial charge in [-0.1, -0.05) is 30.3 Å². The molecule has 3 aromatic rings. The molecular formula is C26H30N2O6S. The van der Waals surface area contributed by atoms with Crippen molar-refractivity contribution < 1.29 is 27.4 Å². The Hall–Kier alpha value is -3.72. The molecule has 0 saturated carbocycles. The summed E-state index contributed by atoms with van der Waals surface area (Å²) in [7, 11) is -1.18. The second-order valence-corrected chi connectivity index (χ2v) is 9.52. The summed E-state index contributed by atoms with van der Waals surface area (Å²) in [4.78, 5) is 13.2. The van der Waals surface area contributed by atoms with E-state index in [1.807, 2.05) is 38.1 Å². The zero-order valence-corrected chi connectivity index (χ0v) is 21.0. The van der Waals surface area contributed by atoms with E-state index in [0.717, 1.165) is 15.6 Å². The monoisotopic (exact) mass is 498 g/mol. The maximum Gasteiger partial charge on any atom is 0.264 e. The van der Waals surface area contributed by atoms with E-state index in [9.17, 15) is 13.2 Å². The predicted octanol–water partition coefficient (Wildman–Crippen LogP) is 4.18. The van der Waals surface area contributed by atoms with Gasteiger partial charge in [-0.05, 0) is 55.8 Å². The maximum absolute atomic E-state index is 13.6. The molecule has 0 aliphatic carbocycles. The molecule has 0 aromatic heterocycles. The molecule has 1 amide bonds. The van der Waals surface area contributed by atoms with Crippen LogP contribution < -0.4 is 23.8 Å². The standard InChI is InChI=1S/C26H30N2O6S/c1-5-34-21-13-11-20(12-14-21)19(2)27-26(29)18-28(35(30,31)23-9-7-6-8-10-23)24-17-22(32-3)15-16-25(24)33-4/h6-17,19H,5,18H2,1-4H3,(H,27,29)/t19-/m1/s1. The van der Waals surface area contributed by atoms with Gasteiger partial charge in [-0.2, -0.15) is 0 Å². The Labute approximate surface area is 206 Å². The van der Waals surface area contributed by atoms with E-state index in [1.54, 1.807) is 30.3 Å². The van der Waals surface area contributed by atoms with Gasteiger partial charge in [-0.25, -0.2) is 8.42 Å². The molecule has 3 rings (SSSR count). The lowest BCUT2D eigenvalue weighted by atomic mass is 10.1. The van der Waals surface area contributed by atoms with Crippen molar-refractivity contribution in [1.29, 1.82) is 0 Å². The maximum atomic E-state index is 13.6. The lowest BCUT2D eigenvalue weighted by Gasteiger charge is -2.26. The highest BCUT2D eigenvalue weighted by molar-refractivity contribution is 7.92. The van der Waals surface area contributed by atoms with Crippen LogP contribution in [0.2, 0.25) is 0 Å². The first-order valence-corrected chi connectivity index (χ1v) is 12.6. The van der Waals surface area contributed by atoms with Gasteiger partial charge in [-0.15, -0.1) is 0 Å². The topological polar surface area (TPSA) is 94.2 Å². The van der Waals surface area contributed by atoms with Crippen LogP contribution in [0.25, 0.3) is 0 Å². The molecule has 1 atom stereocenters. The first-order chi connectivity index (χ1) is 16.8. The largest absolute Gasteiger partial charge is 0.497 e. The van der Waals surface area contributed by atoms with Crippen molar-refractivity contribution in [3.63, 3.8) is 0 Å². The van der Waals surface area contributed by atoms with Crippen LogP contribution in [0.15, 0.2) is 77.7 Å². The number of nitrogens with one attached hydrogen (secondary N) is 1. The van der Waals surface area contributed by atoms with E-state index in [1.165, 1.54) is 32.4 Å². The Morgan fingerprint density at radius 2 is 1.60 bits per heavy atom. The number of nitrogens with zero attached hydrogens (tertiary/aromatic N) is 1. The van der Waals surface area contributed by atoms with Gasteiger partial charge in [0, 0.05) is 6.07 Å². The number of rotatable bonds is 11. The van der Waals surface area contributed by atoms with Crippen molar-refractivity contribution in [3.8, 4) is 17.2 Å². The van der Waals surface area contributed by atoms with E-state index in [4.69, 9.17) is 14.2 Å². The van der Waals surface area contributed by atoms with Crippen molar-refractivity contribution in [3.05, 3.63) is 78.4 Å². The van der Waals surface area contributed by atoms with Crippen molar-refractivity contribution >= 4 is 21.6 Å². The highest BCUT2D eigenvalue weighted by Crippen LogP contribution is 2.35. The van der Waals surface area contributed by atoms with Crippen LogP contribution in [0.3, 0.4) is 0 Å². The van der Waals surface area contributed by atoms with E-state index < -0.39 is 22.5 Å². The van der Waals surface area contributed by atoms with Crippen LogP contribution in [0, 0.1) is 0 Å². The molecule has 0 aliphatic heterocycles. The number of carbonyl (C=O) groups excluding carboxylic acids is 1. The molecule has 0 saturated heterocycles. The molecule has 186 valence electrons. The molecule has 0 radical (unpaired) electrons. The smallest absolute Gasteiger partial charge is 0.264 e. The Kier molecular flexibility index (Phi) is 8.59. The van der Waals surface area contributed by atoms with Crippen molar-refractivity contribution in [1.82, 2.24) is 5.32 Å². The Morgan fingerprint density at radius 1 is 0.943 bits per heavy atom. The molecule has 0 heterocycles. The molecule has 0 aliphatic rings. The second-order valence-electron chi connectivity index (χ2n) is 7.65. The molecule has 0 spiro atoms. The van der Waals surface area contributed by atoms with Crippen LogP contribution in [0.4, 0.5) is 5.69 Å². The molecule has 0 unspecified atom stereocenters. The average Bonchev–Trinajstić information content (AvgIpc) is 2.88. The van der Waals surface area contributed by atoms with Crippen molar-refractivity contribution in [2.75, 3.05) is 31.7 Å². The Balaban J connectivity index is 1.92. The summed E-state index contributed by atoms with van der Waals surface area (Å²) < 4.78 is 44.4. The molecule has 1 N–H and O–H groups in total. The summed E-state index contributed by atoms with van der Waals surface area (Å²) in [5.74, 6) is 0.977. The number of amides is 1. The van der Waals surface area contributed by atoms with E-state index in [2.05, 4.69) is 5.32 Å². The molecule has 0 bridgehead atoms. The quantitative estimate of drug-likeness (QED) is 0.426. The molecule has 35 heavy (non-hydrogen) atoms. The number of carbonyl (C=O) groups is 1. The summed E-state index contributed by atoms with van der Waals surface area (Å²) in [5.41, 5.74) is 1.05. The fraction of sp³-hybridized carbons (Fsp3) is 0.269. The second kappa shape index (κ2) is 11.6. The van der Waals surface area contributed by atoms with E-state index >= 15 is 0 Å². The van der Waals surface area contributed by atoms with Gasteiger partial charge in [0.2, 0.25) is 5.91 Å². The summed E-state index contributed by atoms with van der Waals surface area (Å²) >= 11 is 0. The summed E-state index contributed by atoms with van der Waals surface area (Å²) in [6.07, 6.45) is 0. The summed E-state index contributed by atoms with van der Waals surface area (Å²) in [6.45, 7) is 3.84. The zero-order chi connectivity index (χ0) is 25.4. The number of sulfonamides is 1. The first-order valence-electron chi connectivity index (χ1n) is 11.1. The predicted molar refractivity (Wildman–Crippen MR) is 135 cm³/mol. The van der Waals surface area contributed by atoms with Crippen LogP contribution >= 0.6 is 0 Å². The number of ether oxygens (including phenoxy) is 3. The Bertz CT molecular complexity index is 1230.